The van der Waals surface area contributed by atoms with Crippen molar-refractivity contribution in [3.63, 3.8) is 0 Å². The number of hydrogen-bond acceptors (Lipinski definition) is 14. The largest absolute Gasteiger partial charge is 0.457 e. The predicted molar refractivity (Wildman–Crippen MR) is 235 cm³/mol. The number of aromatic nitrogens is 4. The topological polar surface area (TPSA) is 190 Å². The van der Waals surface area contributed by atoms with Crippen LogP contribution in [-0.4, -0.2) is 54.6 Å². The Balaban J connectivity index is 0.000000184. The summed E-state index contributed by atoms with van der Waals surface area (Å²) < 4.78 is 15.6. The third-order valence-corrected chi connectivity index (χ3v) is 8.75. The molecule has 14 nitrogen and oxygen atoms in total. The Kier molecular flexibility index (Phi) is 15.2. The summed E-state index contributed by atoms with van der Waals surface area (Å²) in [6.45, 7) is 0. The number of nitrogens with zero attached hydrogens (tertiary/aromatic N) is 7. The van der Waals surface area contributed by atoms with Crippen molar-refractivity contribution in [3.05, 3.63) is 142 Å². The molecule has 288 valence electrons. The highest BCUT2D eigenvalue weighted by Crippen LogP contribution is 2.29. The average molecular weight is 911 g/mol. The molecule has 0 spiro atoms. The van der Waals surface area contributed by atoms with Crippen LogP contribution in [0.2, 0.25) is 0 Å². The number of ether oxygens (including phenoxy) is 2. The third kappa shape index (κ3) is 12.4. The first kappa shape index (κ1) is 41.5. The van der Waals surface area contributed by atoms with E-state index in [0.29, 0.717) is 40.1 Å². The quantitative estimate of drug-likeness (QED) is 0.0289. The molecule has 0 radical (unpaired) electrons. The minimum atomic E-state index is 0.500. The molecule has 0 aliphatic heterocycles. The van der Waals surface area contributed by atoms with Gasteiger partial charge in [0.05, 0.1) is 57.1 Å². The number of aliphatic imine (C=N–C) groups is 1. The maximum atomic E-state index is 8.64. The van der Waals surface area contributed by atoms with E-state index < -0.39 is 0 Å². The van der Waals surface area contributed by atoms with E-state index in [2.05, 4.69) is 90.1 Å². The minimum Gasteiger partial charge on any atom is -0.457 e. The van der Waals surface area contributed by atoms with Crippen LogP contribution in [0.4, 0.5) is 28.7 Å². The summed E-state index contributed by atoms with van der Waals surface area (Å²) in [5, 5.41) is 31.6. The molecule has 0 unspecified atom stereocenters. The Hall–Kier alpha value is -6.65. The van der Waals surface area contributed by atoms with Crippen LogP contribution in [0.1, 0.15) is 11.4 Å². The van der Waals surface area contributed by atoms with Gasteiger partial charge in [0.1, 0.15) is 23.0 Å². The Morgan fingerprint density at radius 1 is 0.754 bits per heavy atom. The van der Waals surface area contributed by atoms with Gasteiger partial charge in [0, 0.05) is 65.4 Å². The molecule has 0 aliphatic carbocycles. The van der Waals surface area contributed by atoms with Crippen molar-refractivity contribution in [2.45, 2.75) is 0 Å². The highest BCUT2D eigenvalue weighted by atomic mass is 79.9. The van der Waals surface area contributed by atoms with Crippen molar-refractivity contribution in [1.29, 1.82) is 0 Å². The predicted octanol–water partition coefficient (Wildman–Crippen LogP) is 10.6. The number of anilines is 4. The summed E-state index contributed by atoms with van der Waals surface area (Å²) in [6.07, 6.45) is 5.63. The van der Waals surface area contributed by atoms with Gasteiger partial charge >= 0.3 is 0 Å². The van der Waals surface area contributed by atoms with Crippen LogP contribution in [0.25, 0.3) is 11.0 Å². The summed E-state index contributed by atoms with van der Waals surface area (Å²) >= 11 is 11.2. The molecular weight excluding hydrogens is 876 g/mol. The lowest BCUT2D eigenvalue weighted by Gasteiger charge is -2.09. The third-order valence-electron chi connectivity index (χ3n) is 7.60. The lowest BCUT2D eigenvalue weighted by molar-refractivity contribution is 0.321. The standard InChI is InChI=1S/C20H16BrN5O2.C13H14N4O2.C7H4BrNS/c1-26-19-7-6-16(28-17-8-9-22-15(10-17)12-23-27)11-18(19)25-20(26)24-14-4-2-13(21)3-5-14;1-15-13-3-2-10(7-12(13)14)19-11-4-5-16-9(6-11)8-17-18;8-6-1-3-7(4-2-6)9-5-10/h2-12,27H,1H3,(H,24,25);2-8,15,18H,14H2,1H3;1-4H/b23-12-;17-8-;. The molecule has 0 bridgehead atoms. The number of fused-ring (bicyclic) bond motifs is 1. The molecule has 7 aromatic rings. The second-order valence-electron chi connectivity index (χ2n) is 11.5. The van der Waals surface area contributed by atoms with Gasteiger partial charge < -0.3 is 40.8 Å². The Morgan fingerprint density at radius 3 is 1.84 bits per heavy atom. The zero-order chi connectivity index (χ0) is 40.6. The molecule has 4 aromatic carbocycles. The zero-order valence-corrected chi connectivity index (χ0v) is 34.3. The Morgan fingerprint density at radius 2 is 1.30 bits per heavy atom. The van der Waals surface area contributed by atoms with Gasteiger partial charge in [0.25, 0.3) is 0 Å². The van der Waals surface area contributed by atoms with Crippen LogP contribution < -0.4 is 25.8 Å². The van der Waals surface area contributed by atoms with Crippen LogP contribution in [0.3, 0.4) is 0 Å². The van der Waals surface area contributed by atoms with Crippen molar-refractivity contribution in [2.24, 2.45) is 22.4 Å². The Labute approximate surface area is 349 Å². The second kappa shape index (κ2) is 20.9. The van der Waals surface area contributed by atoms with E-state index in [9.17, 15) is 0 Å². The molecule has 7 rings (SSSR count). The van der Waals surface area contributed by atoms with Gasteiger partial charge in [0.2, 0.25) is 5.95 Å². The fraction of sp³-hybridized carbons (Fsp3) is 0.0500. The number of hydrogen-bond donors (Lipinski definition) is 5. The van der Waals surface area contributed by atoms with Gasteiger partial charge in [-0.2, -0.15) is 4.99 Å². The smallest absolute Gasteiger partial charge is 0.208 e. The Bertz CT molecular complexity index is 2530. The molecule has 17 heteroatoms. The first-order valence-corrected chi connectivity index (χ1v) is 18.7. The zero-order valence-electron chi connectivity index (χ0n) is 30.3. The van der Waals surface area contributed by atoms with E-state index in [-0.39, 0.29) is 0 Å². The van der Waals surface area contributed by atoms with Crippen molar-refractivity contribution < 1.29 is 19.9 Å². The van der Waals surface area contributed by atoms with Gasteiger partial charge in [-0.1, -0.05) is 42.2 Å². The molecule has 0 amide bonds. The SMILES string of the molecule is CNc1ccc(Oc2ccnc(/C=N\O)c2)cc1N.Cn1c(Nc2ccc(Br)cc2)nc2cc(Oc3ccnc(/C=N\O)c3)ccc21.S=C=Nc1ccc(Br)cc1. The number of aryl methyl sites for hydroxylation is 1. The van der Waals surface area contributed by atoms with Gasteiger partial charge in [-0.25, -0.2) is 4.98 Å². The molecule has 3 aromatic heterocycles. The molecular formula is C40H34Br2N10O4S. The first-order valence-electron chi connectivity index (χ1n) is 16.7. The lowest BCUT2D eigenvalue weighted by Crippen LogP contribution is -1.98. The highest BCUT2D eigenvalue weighted by Gasteiger charge is 2.10. The second-order valence-corrected chi connectivity index (χ2v) is 13.5. The molecule has 0 saturated heterocycles. The van der Waals surface area contributed by atoms with E-state index in [4.69, 9.17) is 25.6 Å². The number of nitrogen functional groups attached to an aromatic ring is 1. The summed E-state index contributed by atoms with van der Waals surface area (Å²) in [6, 6.07) is 33.3. The van der Waals surface area contributed by atoms with Crippen LogP contribution in [0, 0.1) is 0 Å². The number of nitrogens with one attached hydrogen (secondary N) is 2. The minimum absolute atomic E-state index is 0.500. The summed E-state index contributed by atoms with van der Waals surface area (Å²) in [5.41, 5.74) is 11.9. The monoisotopic (exact) mass is 908 g/mol. The molecule has 0 aliphatic rings. The van der Waals surface area contributed by atoms with E-state index in [0.717, 1.165) is 43.0 Å². The number of isothiocyanates is 1. The van der Waals surface area contributed by atoms with Crippen molar-refractivity contribution in [1.82, 2.24) is 19.5 Å². The van der Waals surface area contributed by atoms with E-state index in [1.165, 1.54) is 12.4 Å². The number of oxime groups is 2. The van der Waals surface area contributed by atoms with E-state index in [1.807, 2.05) is 90.5 Å². The molecule has 57 heavy (non-hydrogen) atoms. The number of halogens is 2. The summed E-state index contributed by atoms with van der Waals surface area (Å²) in [4.78, 5) is 16.5. The normalized spacial score (nSPS) is 10.5. The van der Waals surface area contributed by atoms with Crippen LogP contribution in [0.15, 0.2) is 146 Å². The summed E-state index contributed by atoms with van der Waals surface area (Å²) in [5.74, 6) is 3.18. The highest BCUT2D eigenvalue weighted by molar-refractivity contribution is 9.10. The fourth-order valence-electron chi connectivity index (χ4n) is 4.93. The van der Waals surface area contributed by atoms with E-state index in [1.54, 1.807) is 49.8 Å². The van der Waals surface area contributed by atoms with Gasteiger partial charge in [-0.3, -0.25) is 9.97 Å². The molecule has 0 atom stereocenters. The number of pyridine rings is 2. The van der Waals surface area contributed by atoms with Crippen molar-refractivity contribution in [3.8, 4) is 23.0 Å². The molecule has 0 saturated carbocycles. The fourth-order valence-corrected chi connectivity index (χ4v) is 5.57. The van der Waals surface area contributed by atoms with Gasteiger partial charge in [-0.05, 0) is 97.1 Å². The number of rotatable bonds is 10. The number of nitrogens with two attached hydrogens (primary N) is 1. The lowest BCUT2D eigenvalue weighted by atomic mass is 10.2. The number of imidazole rings is 1. The molecule has 3 heterocycles. The summed E-state index contributed by atoms with van der Waals surface area (Å²) in [7, 11) is 3.76. The van der Waals surface area contributed by atoms with Crippen LogP contribution in [0.5, 0.6) is 23.0 Å². The van der Waals surface area contributed by atoms with Crippen molar-refractivity contribution in [2.75, 3.05) is 23.4 Å². The van der Waals surface area contributed by atoms with Gasteiger partial charge in [0.15, 0.2) is 0 Å². The molecule has 6 N–H and O–H groups in total. The maximum absolute atomic E-state index is 8.64. The number of thiocarbonyl (C=S) groups is 1. The van der Waals surface area contributed by atoms with Crippen LogP contribution in [-0.2, 0) is 7.05 Å². The number of benzene rings is 4. The van der Waals surface area contributed by atoms with Crippen LogP contribution >= 0.6 is 44.1 Å². The van der Waals surface area contributed by atoms with E-state index >= 15 is 0 Å². The molecule has 0 fully saturated rings. The first-order chi connectivity index (χ1) is 27.7. The van der Waals surface area contributed by atoms with Gasteiger partial charge in [-0.15, -0.1) is 0 Å². The van der Waals surface area contributed by atoms with Crippen molar-refractivity contribution >= 4 is 101 Å². The average Bonchev–Trinajstić information content (AvgIpc) is 3.51. The maximum Gasteiger partial charge on any atom is 0.208 e.